The summed E-state index contributed by atoms with van der Waals surface area (Å²) < 4.78 is 5.41. The third kappa shape index (κ3) is 3.16. The second-order valence-electron chi connectivity index (χ2n) is 4.73. The standard InChI is InChI=1S/C14H21ClN2O/c1-16-10-11-9-12(15)3-4-14(11)17-7-5-13(18-2)6-8-17/h3-4,9,13,16H,5-8,10H2,1-2H3. The maximum atomic E-state index is 6.07. The van der Waals surface area contributed by atoms with Crippen LogP contribution in [0.1, 0.15) is 18.4 Å². The van der Waals surface area contributed by atoms with Crippen LogP contribution in [0.4, 0.5) is 5.69 Å². The van der Waals surface area contributed by atoms with Gasteiger partial charge in [0.15, 0.2) is 0 Å². The molecule has 3 nitrogen and oxygen atoms in total. The van der Waals surface area contributed by atoms with E-state index in [0.29, 0.717) is 6.10 Å². The number of anilines is 1. The zero-order valence-corrected chi connectivity index (χ0v) is 11.8. The van der Waals surface area contributed by atoms with E-state index in [1.807, 2.05) is 13.1 Å². The molecule has 18 heavy (non-hydrogen) atoms. The van der Waals surface area contributed by atoms with Gasteiger partial charge in [-0.1, -0.05) is 11.6 Å². The molecule has 1 fully saturated rings. The molecule has 0 atom stereocenters. The molecular formula is C14H21ClN2O. The summed E-state index contributed by atoms with van der Waals surface area (Å²) in [7, 11) is 3.76. The maximum absolute atomic E-state index is 6.07. The predicted molar refractivity (Wildman–Crippen MR) is 76.5 cm³/mol. The molecule has 0 aromatic heterocycles. The number of methoxy groups -OCH3 is 1. The molecule has 100 valence electrons. The van der Waals surface area contributed by atoms with Gasteiger partial charge < -0.3 is 15.0 Å². The first kappa shape index (κ1) is 13.7. The lowest BCUT2D eigenvalue weighted by atomic mass is 10.0. The lowest BCUT2D eigenvalue weighted by Gasteiger charge is -2.34. The molecule has 0 bridgehead atoms. The predicted octanol–water partition coefficient (Wildman–Crippen LogP) is 2.67. The monoisotopic (exact) mass is 268 g/mol. The Morgan fingerprint density at radius 1 is 1.39 bits per heavy atom. The number of halogens is 1. The van der Waals surface area contributed by atoms with Gasteiger partial charge in [0.2, 0.25) is 0 Å². The van der Waals surface area contributed by atoms with Gasteiger partial charge in [-0.25, -0.2) is 0 Å². The zero-order valence-electron chi connectivity index (χ0n) is 11.1. The lowest BCUT2D eigenvalue weighted by molar-refractivity contribution is 0.0819. The van der Waals surface area contributed by atoms with Crippen molar-refractivity contribution in [3.8, 4) is 0 Å². The minimum absolute atomic E-state index is 0.418. The van der Waals surface area contributed by atoms with Crippen molar-refractivity contribution in [2.45, 2.75) is 25.5 Å². The number of benzene rings is 1. The first-order chi connectivity index (χ1) is 8.74. The molecule has 1 aliphatic heterocycles. The molecule has 1 heterocycles. The van der Waals surface area contributed by atoms with E-state index in [1.54, 1.807) is 7.11 Å². The van der Waals surface area contributed by atoms with Crippen LogP contribution in [0.3, 0.4) is 0 Å². The van der Waals surface area contributed by atoms with Gasteiger partial charge in [-0.2, -0.15) is 0 Å². The quantitative estimate of drug-likeness (QED) is 0.909. The fourth-order valence-corrected chi connectivity index (χ4v) is 2.72. The number of hydrogen-bond acceptors (Lipinski definition) is 3. The Bertz CT molecular complexity index is 389. The third-order valence-corrected chi connectivity index (χ3v) is 3.76. The summed E-state index contributed by atoms with van der Waals surface area (Å²) in [5.74, 6) is 0. The van der Waals surface area contributed by atoms with Gasteiger partial charge in [-0.15, -0.1) is 0 Å². The van der Waals surface area contributed by atoms with Gasteiger partial charge in [-0.3, -0.25) is 0 Å². The summed E-state index contributed by atoms with van der Waals surface area (Å²) in [6.45, 7) is 2.95. The first-order valence-electron chi connectivity index (χ1n) is 6.45. The average Bonchev–Trinajstić information content (AvgIpc) is 2.40. The SMILES string of the molecule is CNCc1cc(Cl)ccc1N1CCC(OC)CC1. The van der Waals surface area contributed by atoms with E-state index in [2.05, 4.69) is 22.3 Å². The van der Waals surface area contributed by atoms with Crippen LogP contribution in [0.25, 0.3) is 0 Å². The summed E-state index contributed by atoms with van der Waals surface area (Å²) in [4.78, 5) is 2.43. The maximum Gasteiger partial charge on any atom is 0.0605 e. The van der Waals surface area contributed by atoms with Crippen LogP contribution in [-0.2, 0) is 11.3 Å². The van der Waals surface area contributed by atoms with Crippen molar-refractivity contribution in [2.24, 2.45) is 0 Å². The van der Waals surface area contributed by atoms with Crippen LogP contribution >= 0.6 is 11.6 Å². The Morgan fingerprint density at radius 2 is 2.11 bits per heavy atom. The Kier molecular flexibility index (Phi) is 4.87. The number of piperidine rings is 1. The molecular weight excluding hydrogens is 248 g/mol. The summed E-state index contributed by atoms with van der Waals surface area (Å²) in [5.41, 5.74) is 2.56. The van der Waals surface area contributed by atoms with Crippen LogP contribution < -0.4 is 10.2 Å². The Hall–Kier alpha value is -0.770. The topological polar surface area (TPSA) is 24.5 Å². The van der Waals surface area contributed by atoms with E-state index < -0.39 is 0 Å². The second kappa shape index (κ2) is 6.41. The van der Waals surface area contributed by atoms with Gasteiger partial charge in [0.05, 0.1) is 6.10 Å². The second-order valence-corrected chi connectivity index (χ2v) is 5.16. The van der Waals surface area contributed by atoms with Crippen molar-refractivity contribution in [3.05, 3.63) is 28.8 Å². The normalized spacial score (nSPS) is 17.2. The van der Waals surface area contributed by atoms with Gasteiger partial charge in [0, 0.05) is 37.5 Å². The van der Waals surface area contributed by atoms with Crippen LogP contribution in [0.2, 0.25) is 5.02 Å². The molecule has 4 heteroatoms. The highest BCUT2D eigenvalue weighted by molar-refractivity contribution is 6.30. The molecule has 1 N–H and O–H groups in total. The minimum atomic E-state index is 0.418. The van der Waals surface area contributed by atoms with Crippen molar-refractivity contribution in [1.82, 2.24) is 5.32 Å². The van der Waals surface area contributed by atoms with Crippen LogP contribution in [0, 0.1) is 0 Å². The highest BCUT2D eigenvalue weighted by Crippen LogP contribution is 2.27. The molecule has 0 radical (unpaired) electrons. The Labute approximate surface area is 114 Å². The number of ether oxygens (including phenoxy) is 1. The summed E-state index contributed by atoms with van der Waals surface area (Å²) in [5, 5.41) is 4.00. The molecule has 1 aromatic carbocycles. The van der Waals surface area contributed by atoms with Crippen molar-refractivity contribution in [2.75, 3.05) is 32.1 Å². The number of nitrogens with one attached hydrogen (secondary N) is 1. The summed E-state index contributed by atoms with van der Waals surface area (Å²) >= 11 is 6.07. The summed E-state index contributed by atoms with van der Waals surface area (Å²) in [6, 6.07) is 6.15. The van der Waals surface area contributed by atoms with E-state index >= 15 is 0 Å². The lowest BCUT2D eigenvalue weighted by Crippen LogP contribution is -2.37. The van der Waals surface area contributed by atoms with Crippen LogP contribution in [0.5, 0.6) is 0 Å². The molecule has 0 aliphatic carbocycles. The molecule has 1 saturated heterocycles. The molecule has 2 rings (SSSR count). The highest BCUT2D eigenvalue weighted by Gasteiger charge is 2.20. The largest absolute Gasteiger partial charge is 0.381 e. The molecule has 0 saturated carbocycles. The van der Waals surface area contributed by atoms with Crippen molar-refractivity contribution < 1.29 is 4.74 Å². The fourth-order valence-electron chi connectivity index (χ4n) is 2.53. The summed E-state index contributed by atoms with van der Waals surface area (Å²) in [6.07, 6.45) is 2.61. The van der Waals surface area contributed by atoms with Gasteiger partial charge in [0.1, 0.15) is 0 Å². The van der Waals surface area contributed by atoms with Crippen molar-refractivity contribution >= 4 is 17.3 Å². The highest BCUT2D eigenvalue weighted by atomic mass is 35.5. The fraction of sp³-hybridized carbons (Fsp3) is 0.571. The van der Waals surface area contributed by atoms with E-state index in [1.165, 1.54) is 11.3 Å². The van der Waals surface area contributed by atoms with E-state index in [9.17, 15) is 0 Å². The molecule has 1 aliphatic rings. The molecule has 0 amide bonds. The van der Waals surface area contributed by atoms with E-state index in [0.717, 1.165) is 37.5 Å². The van der Waals surface area contributed by atoms with Crippen molar-refractivity contribution in [3.63, 3.8) is 0 Å². The zero-order chi connectivity index (χ0) is 13.0. The van der Waals surface area contributed by atoms with Crippen LogP contribution in [-0.4, -0.2) is 33.4 Å². The number of hydrogen-bond donors (Lipinski definition) is 1. The number of nitrogens with zero attached hydrogens (tertiary/aromatic N) is 1. The van der Waals surface area contributed by atoms with Gasteiger partial charge in [0.25, 0.3) is 0 Å². The first-order valence-corrected chi connectivity index (χ1v) is 6.83. The van der Waals surface area contributed by atoms with E-state index in [4.69, 9.17) is 16.3 Å². The molecule has 0 spiro atoms. The number of rotatable bonds is 4. The van der Waals surface area contributed by atoms with Gasteiger partial charge in [-0.05, 0) is 43.7 Å². The minimum Gasteiger partial charge on any atom is -0.381 e. The molecule has 0 unspecified atom stereocenters. The van der Waals surface area contributed by atoms with E-state index in [-0.39, 0.29) is 0 Å². The average molecular weight is 269 g/mol. The Balaban J connectivity index is 2.13. The third-order valence-electron chi connectivity index (χ3n) is 3.52. The van der Waals surface area contributed by atoms with Crippen LogP contribution in [0.15, 0.2) is 18.2 Å². The Morgan fingerprint density at radius 3 is 2.72 bits per heavy atom. The van der Waals surface area contributed by atoms with Crippen molar-refractivity contribution in [1.29, 1.82) is 0 Å². The molecule has 1 aromatic rings. The smallest absolute Gasteiger partial charge is 0.0605 e. The van der Waals surface area contributed by atoms with Gasteiger partial charge >= 0.3 is 0 Å².